The number of pyridine rings is 1. The van der Waals surface area contributed by atoms with Crippen LogP contribution in [-0.2, 0) is 0 Å². The molecule has 2 fully saturated rings. The Kier molecular flexibility index (Phi) is 5.81. The van der Waals surface area contributed by atoms with Crippen molar-refractivity contribution in [2.75, 3.05) is 49.6 Å². The molecule has 0 radical (unpaired) electrons. The van der Waals surface area contributed by atoms with Gasteiger partial charge in [0.05, 0.1) is 6.04 Å². The zero-order chi connectivity index (χ0) is 20.4. The lowest BCUT2D eigenvalue weighted by molar-refractivity contribution is 0.111. The summed E-state index contributed by atoms with van der Waals surface area (Å²) in [6.45, 7) is 6.70. The van der Waals surface area contributed by atoms with Crippen LogP contribution in [0, 0.1) is 12.7 Å². The Morgan fingerprint density at radius 1 is 1.07 bits per heavy atom. The summed E-state index contributed by atoms with van der Waals surface area (Å²) in [6.07, 6.45) is 4.12. The van der Waals surface area contributed by atoms with E-state index in [2.05, 4.69) is 32.8 Å². The molecule has 154 valence electrons. The normalized spacial score (nSPS) is 20.7. The second-order valence-corrected chi connectivity index (χ2v) is 8.22. The molecule has 1 aromatic carbocycles. The molecule has 2 aromatic rings. The van der Waals surface area contributed by atoms with E-state index in [0.29, 0.717) is 5.69 Å². The maximum absolute atomic E-state index is 13.7. The lowest BCUT2D eigenvalue weighted by Crippen LogP contribution is -2.45. The van der Waals surface area contributed by atoms with E-state index < -0.39 is 0 Å². The van der Waals surface area contributed by atoms with Gasteiger partial charge in [-0.3, -0.25) is 4.79 Å². The fourth-order valence-corrected chi connectivity index (χ4v) is 4.52. The van der Waals surface area contributed by atoms with Crippen LogP contribution in [0.5, 0.6) is 0 Å². The topological polar surface area (TPSA) is 39.7 Å². The molecule has 1 aromatic heterocycles. The molecule has 0 bridgehead atoms. The number of hydrogen-bond acceptors (Lipinski definition) is 5. The summed E-state index contributed by atoms with van der Waals surface area (Å²) in [5.41, 5.74) is 3.64. The number of rotatable bonds is 4. The third-order valence-corrected chi connectivity index (χ3v) is 6.19. The van der Waals surface area contributed by atoms with Gasteiger partial charge in [0.2, 0.25) is 0 Å². The van der Waals surface area contributed by atoms with E-state index in [1.165, 1.54) is 0 Å². The first-order valence-electron chi connectivity index (χ1n) is 10.5. The van der Waals surface area contributed by atoms with Crippen molar-refractivity contribution in [3.63, 3.8) is 0 Å². The van der Waals surface area contributed by atoms with Gasteiger partial charge in [-0.2, -0.15) is 0 Å². The Hall–Kier alpha value is -2.47. The smallest absolute Gasteiger partial charge is 0.168 e. The second-order valence-electron chi connectivity index (χ2n) is 8.22. The molecule has 2 aliphatic heterocycles. The summed E-state index contributed by atoms with van der Waals surface area (Å²) in [7, 11) is 2.13. The fraction of sp³-hybridized carbons (Fsp3) is 0.478. The summed E-state index contributed by atoms with van der Waals surface area (Å²) < 4.78 is 13.7. The average molecular weight is 397 g/mol. The van der Waals surface area contributed by atoms with Gasteiger partial charge in [0.25, 0.3) is 0 Å². The average Bonchev–Trinajstić information content (AvgIpc) is 2.74. The van der Waals surface area contributed by atoms with Gasteiger partial charge in [0, 0.05) is 44.5 Å². The van der Waals surface area contributed by atoms with Crippen molar-refractivity contribution in [3.8, 4) is 0 Å². The summed E-state index contributed by atoms with van der Waals surface area (Å²) in [6, 6.07) is 9.28. The van der Waals surface area contributed by atoms with Crippen molar-refractivity contribution in [1.29, 1.82) is 0 Å². The zero-order valence-corrected chi connectivity index (χ0v) is 17.3. The van der Waals surface area contributed by atoms with Crippen LogP contribution in [0.1, 0.15) is 46.9 Å². The number of benzene rings is 1. The maximum atomic E-state index is 13.7. The number of hydrogen-bond donors (Lipinski definition) is 0. The number of aromatic nitrogens is 1. The summed E-state index contributed by atoms with van der Waals surface area (Å²) >= 11 is 0. The summed E-state index contributed by atoms with van der Waals surface area (Å²) in [4.78, 5) is 23.1. The third kappa shape index (κ3) is 4.27. The minimum Gasteiger partial charge on any atom is -0.364 e. The first kappa shape index (κ1) is 19.8. The van der Waals surface area contributed by atoms with Gasteiger partial charge in [-0.15, -0.1) is 0 Å². The van der Waals surface area contributed by atoms with Crippen LogP contribution < -0.4 is 9.80 Å². The molecule has 2 aliphatic rings. The number of carbonyl (C=O) groups is 1. The molecular formula is C23H29FN4O. The number of likely N-dealkylation sites (N-methyl/N-ethyl adjacent to an activating group) is 1. The van der Waals surface area contributed by atoms with E-state index in [1.54, 1.807) is 12.1 Å². The highest BCUT2D eigenvalue weighted by atomic mass is 19.1. The zero-order valence-electron chi connectivity index (χ0n) is 17.3. The van der Waals surface area contributed by atoms with Crippen LogP contribution in [-0.4, -0.2) is 55.9 Å². The highest BCUT2D eigenvalue weighted by molar-refractivity contribution is 5.76. The first-order valence-corrected chi connectivity index (χ1v) is 10.5. The molecule has 1 unspecified atom stereocenters. The number of anilines is 2. The van der Waals surface area contributed by atoms with Crippen molar-refractivity contribution in [3.05, 3.63) is 53.0 Å². The van der Waals surface area contributed by atoms with E-state index in [9.17, 15) is 9.18 Å². The van der Waals surface area contributed by atoms with Gasteiger partial charge in [-0.05, 0) is 62.6 Å². The van der Waals surface area contributed by atoms with Gasteiger partial charge in [0.15, 0.2) is 6.29 Å². The van der Waals surface area contributed by atoms with Gasteiger partial charge >= 0.3 is 0 Å². The van der Waals surface area contributed by atoms with Crippen LogP contribution in [0.15, 0.2) is 30.3 Å². The number of piperidine rings is 1. The molecule has 0 N–H and O–H groups in total. The van der Waals surface area contributed by atoms with E-state index in [4.69, 9.17) is 0 Å². The minimum absolute atomic E-state index is 0.187. The largest absolute Gasteiger partial charge is 0.364 e. The number of carbonyl (C=O) groups excluding carboxylic acids is 1. The standard InChI is InChI=1S/C23H29FN4O/c1-17-13-18(24)6-7-21(17)22-5-3-4-8-28(22)20-14-19(16-29)25-23(15-20)27-11-9-26(2)10-12-27/h6-7,13-16,22H,3-5,8-12H2,1-2H3. The molecule has 0 amide bonds. The molecule has 1 atom stereocenters. The Morgan fingerprint density at radius 2 is 1.86 bits per heavy atom. The Bertz CT molecular complexity index is 879. The molecule has 3 heterocycles. The molecule has 4 rings (SSSR count). The van der Waals surface area contributed by atoms with Crippen LogP contribution in [0.3, 0.4) is 0 Å². The minimum atomic E-state index is -0.196. The molecule has 5 nitrogen and oxygen atoms in total. The highest BCUT2D eigenvalue weighted by Crippen LogP contribution is 2.37. The second kappa shape index (κ2) is 8.49. The highest BCUT2D eigenvalue weighted by Gasteiger charge is 2.27. The van der Waals surface area contributed by atoms with Crippen LogP contribution in [0.2, 0.25) is 0 Å². The molecule has 6 heteroatoms. The van der Waals surface area contributed by atoms with Gasteiger partial charge < -0.3 is 14.7 Å². The molecule has 0 aliphatic carbocycles. The van der Waals surface area contributed by atoms with E-state index >= 15 is 0 Å². The predicted octanol–water partition coefficient (Wildman–Crippen LogP) is 3.83. The maximum Gasteiger partial charge on any atom is 0.168 e. The van der Waals surface area contributed by atoms with Crippen LogP contribution in [0.4, 0.5) is 15.9 Å². The molecule has 29 heavy (non-hydrogen) atoms. The van der Waals surface area contributed by atoms with Crippen molar-refractivity contribution >= 4 is 17.8 Å². The van der Waals surface area contributed by atoms with Crippen molar-refractivity contribution in [1.82, 2.24) is 9.88 Å². The molecule has 0 spiro atoms. The Morgan fingerprint density at radius 3 is 2.59 bits per heavy atom. The molecule has 0 saturated carbocycles. The van der Waals surface area contributed by atoms with Crippen molar-refractivity contribution in [2.24, 2.45) is 0 Å². The number of nitrogens with zero attached hydrogens (tertiary/aromatic N) is 4. The number of halogens is 1. The van der Waals surface area contributed by atoms with Gasteiger partial charge in [-0.25, -0.2) is 9.37 Å². The number of aryl methyl sites for hydroxylation is 1. The molecular weight excluding hydrogens is 367 g/mol. The molecule has 2 saturated heterocycles. The number of aldehydes is 1. The monoisotopic (exact) mass is 396 g/mol. The third-order valence-electron chi connectivity index (χ3n) is 6.19. The lowest BCUT2D eigenvalue weighted by Gasteiger charge is -2.39. The number of piperazine rings is 1. The summed E-state index contributed by atoms with van der Waals surface area (Å²) in [5.74, 6) is 0.677. The Labute approximate surface area is 172 Å². The van der Waals surface area contributed by atoms with Crippen molar-refractivity contribution in [2.45, 2.75) is 32.2 Å². The first-order chi connectivity index (χ1) is 14.0. The fourth-order valence-electron chi connectivity index (χ4n) is 4.52. The quantitative estimate of drug-likeness (QED) is 0.735. The van der Waals surface area contributed by atoms with Crippen LogP contribution >= 0.6 is 0 Å². The van der Waals surface area contributed by atoms with Crippen LogP contribution in [0.25, 0.3) is 0 Å². The van der Waals surface area contributed by atoms with Crippen molar-refractivity contribution < 1.29 is 9.18 Å². The lowest BCUT2D eigenvalue weighted by atomic mass is 9.91. The predicted molar refractivity (Wildman–Crippen MR) is 114 cm³/mol. The van der Waals surface area contributed by atoms with Gasteiger partial charge in [0.1, 0.15) is 17.3 Å². The van der Waals surface area contributed by atoms with Gasteiger partial charge in [-0.1, -0.05) is 6.07 Å². The Balaban J connectivity index is 1.69. The van der Waals surface area contributed by atoms with E-state index in [0.717, 1.165) is 80.9 Å². The van der Waals surface area contributed by atoms with E-state index in [1.807, 2.05) is 19.1 Å². The van der Waals surface area contributed by atoms with E-state index in [-0.39, 0.29) is 11.9 Å². The summed E-state index contributed by atoms with van der Waals surface area (Å²) in [5, 5.41) is 0. The SMILES string of the molecule is Cc1cc(F)ccc1C1CCCCN1c1cc(C=O)nc(N2CCN(C)CC2)c1.